The molecule has 1 aromatic carbocycles. The quantitative estimate of drug-likeness (QED) is 0.300. The van der Waals surface area contributed by atoms with E-state index >= 15 is 0 Å². The summed E-state index contributed by atoms with van der Waals surface area (Å²) in [6.45, 7) is 3.59. The van der Waals surface area contributed by atoms with Gasteiger partial charge in [0.05, 0.1) is 36.8 Å². The molecule has 9 heteroatoms. The van der Waals surface area contributed by atoms with Gasteiger partial charge in [-0.15, -0.1) is 11.3 Å². The van der Waals surface area contributed by atoms with Crippen molar-refractivity contribution in [3.63, 3.8) is 0 Å². The lowest BCUT2D eigenvalue weighted by Crippen LogP contribution is -2.44. The van der Waals surface area contributed by atoms with E-state index in [-0.39, 0.29) is 22.1 Å². The Labute approximate surface area is 210 Å². The van der Waals surface area contributed by atoms with Crippen LogP contribution in [0.5, 0.6) is 0 Å². The summed E-state index contributed by atoms with van der Waals surface area (Å²) in [6.07, 6.45) is 5.09. The van der Waals surface area contributed by atoms with Crippen molar-refractivity contribution in [1.82, 2.24) is 4.90 Å². The molecule has 0 unspecified atom stereocenters. The van der Waals surface area contributed by atoms with Crippen LogP contribution in [-0.4, -0.2) is 41.6 Å². The van der Waals surface area contributed by atoms with Crippen LogP contribution in [0, 0.1) is 25.7 Å². The third kappa shape index (κ3) is 2.92. The van der Waals surface area contributed by atoms with Crippen molar-refractivity contribution in [2.24, 2.45) is 11.8 Å². The van der Waals surface area contributed by atoms with E-state index in [1.54, 1.807) is 25.3 Å². The van der Waals surface area contributed by atoms with Crippen molar-refractivity contribution >= 4 is 46.0 Å². The first-order valence-corrected chi connectivity index (χ1v) is 12.3. The first-order chi connectivity index (χ1) is 17.3. The molecule has 3 aliphatic heterocycles. The van der Waals surface area contributed by atoms with Crippen LogP contribution in [0.25, 0.3) is 6.08 Å². The number of amides is 2. The monoisotopic (exact) mass is 502 g/mol. The van der Waals surface area contributed by atoms with E-state index in [0.717, 1.165) is 20.9 Å². The van der Waals surface area contributed by atoms with Gasteiger partial charge in [-0.2, -0.15) is 0 Å². The van der Waals surface area contributed by atoms with E-state index in [4.69, 9.17) is 9.15 Å². The molecule has 0 saturated carbocycles. The molecule has 0 N–H and O–H groups in total. The zero-order valence-electron chi connectivity index (χ0n) is 19.8. The summed E-state index contributed by atoms with van der Waals surface area (Å²) in [6, 6.07) is 9.40. The highest BCUT2D eigenvalue weighted by atomic mass is 32.1. The van der Waals surface area contributed by atoms with Crippen LogP contribution in [0.3, 0.4) is 0 Å². The molecule has 0 aliphatic carbocycles. The number of thiophene rings is 1. The Bertz CT molecular complexity index is 1470. The molecule has 2 fully saturated rings. The molecule has 5 heterocycles. The van der Waals surface area contributed by atoms with Crippen molar-refractivity contribution in [3.05, 3.63) is 81.8 Å². The van der Waals surface area contributed by atoms with Crippen molar-refractivity contribution in [2.45, 2.75) is 25.9 Å². The van der Waals surface area contributed by atoms with Crippen LogP contribution in [0.4, 0.5) is 5.00 Å². The van der Waals surface area contributed by atoms with Gasteiger partial charge in [0.15, 0.2) is 5.76 Å². The number of carbonyl (C=O) groups excluding carboxylic acids is 4. The number of anilines is 1. The van der Waals surface area contributed by atoms with Crippen LogP contribution < -0.4 is 4.90 Å². The molecule has 2 amide bonds. The minimum atomic E-state index is -0.941. The highest BCUT2D eigenvalue weighted by Crippen LogP contribution is 2.54. The van der Waals surface area contributed by atoms with Gasteiger partial charge in [0.2, 0.25) is 17.6 Å². The molecule has 0 bridgehead atoms. The molecule has 2 aromatic heterocycles. The fourth-order valence-electron chi connectivity index (χ4n) is 5.73. The van der Waals surface area contributed by atoms with Crippen LogP contribution in [0.1, 0.15) is 48.5 Å². The van der Waals surface area contributed by atoms with Crippen molar-refractivity contribution < 1.29 is 28.3 Å². The zero-order chi connectivity index (χ0) is 25.3. The van der Waals surface area contributed by atoms with Crippen molar-refractivity contribution in [2.75, 3.05) is 12.0 Å². The standard InChI is InChI=1S/C27H22N2O6S/c1-13-14(2)36-26(18(13)27(33)34-3)29-24(31)19-20(25(29)32)22(23(30)17-9-6-12-35-17)28-11-10-15-7-4-5-8-16(15)21(19)28/h4-12,19-22H,1-3H3/t19-,20+,21-,22+/m0/s1. The maximum atomic E-state index is 14.1. The first-order valence-electron chi connectivity index (χ1n) is 11.5. The maximum Gasteiger partial charge on any atom is 0.341 e. The van der Waals surface area contributed by atoms with Gasteiger partial charge in [-0.25, -0.2) is 9.69 Å². The van der Waals surface area contributed by atoms with Crippen LogP contribution in [0.15, 0.2) is 53.3 Å². The van der Waals surface area contributed by atoms with Crippen LogP contribution in [-0.2, 0) is 14.3 Å². The summed E-state index contributed by atoms with van der Waals surface area (Å²) in [5.74, 6) is -3.52. The Morgan fingerprint density at radius 2 is 1.78 bits per heavy atom. The lowest BCUT2D eigenvalue weighted by molar-refractivity contribution is -0.123. The second-order valence-electron chi connectivity index (χ2n) is 9.14. The molecule has 0 radical (unpaired) electrons. The summed E-state index contributed by atoms with van der Waals surface area (Å²) >= 11 is 1.20. The lowest BCUT2D eigenvalue weighted by Gasteiger charge is -2.34. The van der Waals surface area contributed by atoms with E-state index < -0.39 is 41.7 Å². The molecule has 6 rings (SSSR count). The predicted octanol–water partition coefficient (Wildman–Crippen LogP) is 4.14. The molecule has 182 valence electrons. The number of imide groups is 1. The topological polar surface area (TPSA) is 97.1 Å². The first kappa shape index (κ1) is 22.5. The number of carbonyl (C=O) groups is 4. The Kier molecular flexibility index (Phi) is 5.01. The van der Waals surface area contributed by atoms with E-state index in [1.165, 1.54) is 24.7 Å². The Morgan fingerprint density at radius 1 is 1.03 bits per heavy atom. The number of Topliss-reactive ketones (excluding diaryl/α,β-unsaturated/α-hetero) is 1. The van der Waals surface area contributed by atoms with Gasteiger partial charge < -0.3 is 14.1 Å². The average Bonchev–Trinajstić information content (AvgIpc) is 3.64. The third-order valence-corrected chi connectivity index (χ3v) is 8.65. The second-order valence-corrected chi connectivity index (χ2v) is 10.3. The Balaban J connectivity index is 1.52. The van der Waals surface area contributed by atoms with Gasteiger partial charge in [-0.1, -0.05) is 24.3 Å². The molecule has 8 nitrogen and oxygen atoms in total. The zero-order valence-corrected chi connectivity index (χ0v) is 20.6. The number of rotatable bonds is 4. The highest BCUT2D eigenvalue weighted by Gasteiger charge is 2.65. The summed E-state index contributed by atoms with van der Waals surface area (Å²) in [7, 11) is 1.27. The molecular formula is C27H22N2O6S. The number of hydrogen-bond donors (Lipinski definition) is 0. The number of aryl methyl sites for hydroxylation is 1. The maximum absolute atomic E-state index is 14.1. The van der Waals surface area contributed by atoms with E-state index in [2.05, 4.69) is 0 Å². The predicted molar refractivity (Wildman–Crippen MR) is 131 cm³/mol. The minimum absolute atomic E-state index is 0.128. The number of benzene rings is 1. The SMILES string of the molecule is COC(=O)c1c(N2C(=O)[C@@H]3[C@H](C2=O)[C@@H]2c4ccccc4C=CN2[C@H]3C(=O)c2ccco2)sc(C)c1C. The number of fused-ring (bicyclic) bond motifs is 5. The molecular weight excluding hydrogens is 480 g/mol. The number of ketones is 1. The van der Waals surface area contributed by atoms with Crippen LogP contribution >= 0.6 is 11.3 Å². The Morgan fingerprint density at radius 3 is 2.50 bits per heavy atom. The normalized spacial score (nSPS) is 24.1. The summed E-state index contributed by atoms with van der Waals surface area (Å²) < 4.78 is 10.4. The van der Waals surface area contributed by atoms with E-state index in [9.17, 15) is 19.2 Å². The summed E-state index contributed by atoms with van der Waals surface area (Å²) in [5, 5.41) is 0.247. The summed E-state index contributed by atoms with van der Waals surface area (Å²) in [5.41, 5.74) is 2.67. The number of esters is 1. The number of ether oxygens (including phenoxy) is 1. The van der Waals surface area contributed by atoms with Gasteiger partial charge in [-0.3, -0.25) is 14.4 Å². The van der Waals surface area contributed by atoms with Gasteiger partial charge in [0.1, 0.15) is 11.0 Å². The van der Waals surface area contributed by atoms with Gasteiger partial charge in [0.25, 0.3) is 0 Å². The third-order valence-electron chi connectivity index (χ3n) is 7.45. The second kappa shape index (κ2) is 8.03. The van der Waals surface area contributed by atoms with Crippen LogP contribution in [0.2, 0.25) is 0 Å². The highest BCUT2D eigenvalue weighted by molar-refractivity contribution is 7.17. The van der Waals surface area contributed by atoms with Crippen molar-refractivity contribution in [3.8, 4) is 0 Å². The number of hydrogen-bond acceptors (Lipinski definition) is 8. The number of methoxy groups -OCH3 is 1. The smallest absolute Gasteiger partial charge is 0.341 e. The van der Waals surface area contributed by atoms with E-state index in [1.807, 2.05) is 42.2 Å². The fourth-order valence-corrected chi connectivity index (χ4v) is 6.89. The number of furan rings is 1. The molecule has 3 aliphatic rings. The average molecular weight is 503 g/mol. The van der Waals surface area contributed by atoms with Gasteiger partial charge in [0, 0.05) is 11.1 Å². The van der Waals surface area contributed by atoms with E-state index in [0.29, 0.717) is 5.56 Å². The molecule has 3 aromatic rings. The minimum Gasteiger partial charge on any atom is -0.465 e. The molecule has 2 saturated heterocycles. The lowest BCUT2D eigenvalue weighted by atomic mass is 9.84. The van der Waals surface area contributed by atoms with Gasteiger partial charge in [-0.05, 0) is 48.7 Å². The molecule has 36 heavy (non-hydrogen) atoms. The van der Waals surface area contributed by atoms with Crippen molar-refractivity contribution in [1.29, 1.82) is 0 Å². The Hall–Kier alpha value is -3.98. The van der Waals surface area contributed by atoms with Gasteiger partial charge >= 0.3 is 5.97 Å². The molecule has 0 spiro atoms. The fraction of sp³-hybridized carbons (Fsp3) is 0.259. The molecule has 4 atom stereocenters. The largest absolute Gasteiger partial charge is 0.465 e. The summed E-state index contributed by atoms with van der Waals surface area (Å²) in [4.78, 5) is 58.2. The number of nitrogens with zero attached hydrogens (tertiary/aromatic N) is 2.